The molecule has 0 saturated heterocycles. The highest BCUT2D eigenvalue weighted by molar-refractivity contribution is 5.75. The number of nitrogens with two attached hydrogens (primary N) is 2. The standard InChI is InChI=1S/C16H18N2O/c17-9-12-4-1-2-6-14(12)15-7-3-5-11-8-13(10-18)19-16(11)15/h1-7,13H,8-10,17-18H2. The highest BCUT2D eigenvalue weighted by atomic mass is 16.5. The fourth-order valence-corrected chi connectivity index (χ4v) is 2.64. The molecule has 0 spiro atoms. The molecule has 3 rings (SSSR count). The average Bonchev–Trinajstić information content (AvgIpc) is 2.90. The van der Waals surface area contributed by atoms with E-state index in [1.54, 1.807) is 0 Å². The number of fused-ring (bicyclic) bond motifs is 1. The third kappa shape index (κ3) is 2.11. The van der Waals surface area contributed by atoms with Crippen LogP contribution in [-0.2, 0) is 13.0 Å². The van der Waals surface area contributed by atoms with Gasteiger partial charge in [-0.1, -0.05) is 42.5 Å². The van der Waals surface area contributed by atoms with Gasteiger partial charge < -0.3 is 16.2 Å². The zero-order chi connectivity index (χ0) is 13.2. The number of para-hydroxylation sites is 1. The Balaban J connectivity index is 2.10. The molecular weight excluding hydrogens is 236 g/mol. The normalized spacial score (nSPS) is 17.1. The summed E-state index contributed by atoms with van der Waals surface area (Å²) in [5.74, 6) is 0.971. The Morgan fingerprint density at radius 1 is 1.00 bits per heavy atom. The molecule has 0 bridgehead atoms. The molecule has 98 valence electrons. The smallest absolute Gasteiger partial charge is 0.130 e. The van der Waals surface area contributed by atoms with E-state index in [-0.39, 0.29) is 6.10 Å². The molecule has 4 N–H and O–H groups in total. The number of hydrogen-bond donors (Lipinski definition) is 2. The summed E-state index contributed by atoms with van der Waals surface area (Å²) in [4.78, 5) is 0. The van der Waals surface area contributed by atoms with E-state index in [2.05, 4.69) is 30.3 Å². The van der Waals surface area contributed by atoms with Crippen LogP contribution >= 0.6 is 0 Å². The molecule has 1 unspecified atom stereocenters. The summed E-state index contributed by atoms with van der Waals surface area (Å²) in [5.41, 5.74) is 16.2. The maximum Gasteiger partial charge on any atom is 0.130 e. The average molecular weight is 254 g/mol. The van der Waals surface area contributed by atoms with E-state index in [0.717, 1.165) is 28.9 Å². The molecule has 1 heterocycles. The number of hydrogen-bond acceptors (Lipinski definition) is 3. The highest BCUT2D eigenvalue weighted by Gasteiger charge is 2.24. The molecule has 1 atom stereocenters. The van der Waals surface area contributed by atoms with E-state index < -0.39 is 0 Å². The van der Waals surface area contributed by atoms with Crippen LogP contribution in [0.4, 0.5) is 0 Å². The predicted molar refractivity (Wildman–Crippen MR) is 76.9 cm³/mol. The lowest BCUT2D eigenvalue weighted by atomic mass is 9.96. The van der Waals surface area contributed by atoms with E-state index in [9.17, 15) is 0 Å². The Morgan fingerprint density at radius 2 is 1.79 bits per heavy atom. The highest BCUT2D eigenvalue weighted by Crippen LogP contribution is 2.39. The Labute approximate surface area is 113 Å². The number of rotatable bonds is 3. The second kappa shape index (κ2) is 5.03. The minimum atomic E-state index is 0.0983. The van der Waals surface area contributed by atoms with Crippen LogP contribution in [0, 0.1) is 0 Å². The molecule has 0 fully saturated rings. The third-order valence-electron chi connectivity index (χ3n) is 3.62. The maximum atomic E-state index is 5.98. The van der Waals surface area contributed by atoms with Crippen molar-refractivity contribution in [3.8, 4) is 16.9 Å². The van der Waals surface area contributed by atoms with Crippen LogP contribution in [-0.4, -0.2) is 12.6 Å². The van der Waals surface area contributed by atoms with E-state index in [4.69, 9.17) is 16.2 Å². The van der Waals surface area contributed by atoms with Gasteiger partial charge in [0.05, 0.1) is 0 Å². The first-order valence-corrected chi connectivity index (χ1v) is 6.60. The summed E-state index contributed by atoms with van der Waals surface area (Å²) in [6.45, 7) is 1.08. The largest absolute Gasteiger partial charge is 0.488 e. The SMILES string of the molecule is NCc1ccccc1-c1cccc2c1OC(CN)C2. The van der Waals surface area contributed by atoms with E-state index in [1.807, 2.05) is 12.1 Å². The zero-order valence-electron chi connectivity index (χ0n) is 10.8. The van der Waals surface area contributed by atoms with Gasteiger partial charge in [-0.3, -0.25) is 0 Å². The first kappa shape index (κ1) is 12.2. The van der Waals surface area contributed by atoms with Crippen LogP contribution in [0.2, 0.25) is 0 Å². The number of benzene rings is 2. The molecule has 2 aromatic rings. The van der Waals surface area contributed by atoms with Gasteiger partial charge in [0.2, 0.25) is 0 Å². The molecule has 0 amide bonds. The first-order valence-electron chi connectivity index (χ1n) is 6.60. The minimum absolute atomic E-state index is 0.0983. The zero-order valence-corrected chi connectivity index (χ0v) is 10.8. The van der Waals surface area contributed by atoms with Crippen molar-refractivity contribution in [2.75, 3.05) is 6.54 Å². The van der Waals surface area contributed by atoms with Gasteiger partial charge in [-0.05, 0) is 16.7 Å². The van der Waals surface area contributed by atoms with E-state index in [0.29, 0.717) is 13.1 Å². The van der Waals surface area contributed by atoms with Crippen LogP contribution in [0.5, 0.6) is 5.75 Å². The van der Waals surface area contributed by atoms with Crippen molar-refractivity contribution in [2.45, 2.75) is 19.1 Å². The molecule has 1 aliphatic rings. The second-order valence-electron chi connectivity index (χ2n) is 4.83. The monoisotopic (exact) mass is 254 g/mol. The van der Waals surface area contributed by atoms with Crippen molar-refractivity contribution in [1.82, 2.24) is 0 Å². The van der Waals surface area contributed by atoms with Crippen LogP contribution < -0.4 is 16.2 Å². The molecule has 3 heteroatoms. The van der Waals surface area contributed by atoms with Gasteiger partial charge in [-0.15, -0.1) is 0 Å². The summed E-state index contributed by atoms with van der Waals surface area (Å²) < 4.78 is 5.98. The number of ether oxygens (including phenoxy) is 1. The summed E-state index contributed by atoms with van der Waals surface area (Å²) in [6.07, 6.45) is 0.992. The lowest BCUT2D eigenvalue weighted by Gasteiger charge is -2.13. The fraction of sp³-hybridized carbons (Fsp3) is 0.250. The minimum Gasteiger partial charge on any atom is -0.488 e. The van der Waals surface area contributed by atoms with Crippen LogP contribution in [0.15, 0.2) is 42.5 Å². The Morgan fingerprint density at radius 3 is 2.58 bits per heavy atom. The van der Waals surface area contributed by atoms with Crippen molar-refractivity contribution in [3.05, 3.63) is 53.6 Å². The van der Waals surface area contributed by atoms with Gasteiger partial charge >= 0.3 is 0 Å². The van der Waals surface area contributed by atoms with E-state index >= 15 is 0 Å². The van der Waals surface area contributed by atoms with Crippen molar-refractivity contribution in [3.63, 3.8) is 0 Å². The lowest BCUT2D eigenvalue weighted by Crippen LogP contribution is -2.24. The molecule has 3 nitrogen and oxygen atoms in total. The topological polar surface area (TPSA) is 61.3 Å². The van der Waals surface area contributed by atoms with Crippen molar-refractivity contribution in [2.24, 2.45) is 11.5 Å². The molecular formula is C16H18N2O. The van der Waals surface area contributed by atoms with Gasteiger partial charge in [0.25, 0.3) is 0 Å². The fourth-order valence-electron chi connectivity index (χ4n) is 2.64. The molecule has 2 aromatic carbocycles. The summed E-state index contributed by atoms with van der Waals surface area (Å²) in [5, 5.41) is 0. The third-order valence-corrected chi connectivity index (χ3v) is 3.62. The molecule has 0 aliphatic carbocycles. The summed E-state index contributed by atoms with van der Waals surface area (Å²) >= 11 is 0. The predicted octanol–water partition coefficient (Wildman–Crippen LogP) is 2.07. The quantitative estimate of drug-likeness (QED) is 0.881. The molecule has 0 saturated carbocycles. The molecule has 0 aromatic heterocycles. The lowest BCUT2D eigenvalue weighted by molar-refractivity contribution is 0.242. The maximum absolute atomic E-state index is 5.98. The van der Waals surface area contributed by atoms with Crippen molar-refractivity contribution in [1.29, 1.82) is 0 Å². The van der Waals surface area contributed by atoms with Gasteiger partial charge in [-0.25, -0.2) is 0 Å². The first-order chi connectivity index (χ1) is 9.33. The summed E-state index contributed by atoms with van der Waals surface area (Å²) in [6, 6.07) is 14.5. The van der Waals surface area contributed by atoms with E-state index in [1.165, 1.54) is 5.56 Å². The Bertz CT molecular complexity index is 595. The second-order valence-corrected chi connectivity index (χ2v) is 4.83. The molecule has 1 aliphatic heterocycles. The summed E-state index contributed by atoms with van der Waals surface area (Å²) in [7, 11) is 0. The van der Waals surface area contributed by atoms with Crippen molar-refractivity contribution < 1.29 is 4.74 Å². The van der Waals surface area contributed by atoms with Gasteiger partial charge in [0, 0.05) is 25.1 Å². The molecule has 0 radical (unpaired) electrons. The molecule has 19 heavy (non-hydrogen) atoms. The Hall–Kier alpha value is -1.84. The van der Waals surface area contributed by atoms with Crippen LogP contribution in [0.1, 0.15) is 11.1 Å². The van der Waals surface area contributed by atoms with Gasteiger partial charge in [0.1, 0.15) is 11.9 Å². The van der Waals surface area contributed by atoms with Crippen molar-refractivity contribution >= 4 is 0 Å². The van der Waals surface area contributed by atoms with Gasteiger partial charge in [-0.2, -0.15) is 0 Å². The van der Waals surface area contributed by atoms with Crippen LogP contribution in [0.3, 0.4) is 0 Å². The Kier molecular flexibility index (Phi) is 3.23. The van der Waals surface area contributed by atoms with Crippen LogP contribution in [0.25, 0.3) is 11.1 Å². The van der Waals surface area contributed by atoms with Gasteiger partial charge in [0.15, 0.2) is 0 Å².